The molecule has 2 atom stereocenters. The van der Waals surface area contributed by atoms with E-state index in [1.165, 1.54) is 0 Å². The molecule has 1 saturated carbocycles. The van der Waals surface area contributed by atoms with Gasteiger partial charge in [-0.1, -0.05) is 37.3 Å². The van der Waals surface area contributed by atoms with Crippen molar-refractivity contribution in [3.05, 3.63) is 41.5 Å². The largest absolute Gasteiger partial charge is 0.293 e. The van der Waals surface area contributed by atoms with Gasteiger partial charge in [-0.3, -0.25) is 4.79 Å². The Balaban J connectivity index is 2.20. The number of allylic oxidation sites excluding steroid dienone is 1. The third kappa shape index (κ3) is 2.20. The summed E-state index contributed by atoms with van der Waals surface area (Å²) in [6.07, 6.45) is 2.60. The third-order valence-electron chi connectivity index (χ3n) is 2.94. The molecule has 1 fully saturated rings. The van der Waals surface area contributed by atoms with Crippen molar-refractivity contribution in [2.75, 3.05) is 0 Å². The molecule has 0 heterocycles. The molecule has 2 heteroatoms. The average molecular weight is 211 g/mol. The highest BCUT2D eigenvalue weighted by Crippen LogP contribution is 2.40. The van der Waals surface area contributed by atoms with E-state index < -0.39 is 0 Å². The summed E-state index contributed by atoms with van der Waals surface area (Å²) in [6, 6.07) is 11.5. The summed E-state index contributed by atoms with van der Waals surface area (Å²) in [5, 5.41) is 8.98. The molecule has 2 nitrogen and oxygen atoms in total. The van der Waals surface area contributed by atoms with Gasteiger partial charge in [-0.15, -0.1) is 0 Å². The zero-order valence-electron chi connectivity index (χ0n) is 9.18. The number of ketones is 1. The van der Waals surface area contributed by atoms with Crippen LogP contribution in [0.4, 0.5) is 0 Å². The van der Waals surface area contributed by atoms with E-state index in [-0.39, 0.29) is 17.3 Å². The maximum absolute atomic E-state index is 11.9. The molecule has 0 amide bonds. The second-order valence-corrected chi connectivity index (χ2v) is 4.26. The van der Waals surface area contributed by atoms with E-state index in [0.29, 0.717) is 5.92 Å². The summed E-state index contributed by atoms with van der Waals surface area (Å²) in [4.78, 5) is 11.9. The summed E-state index contributed by atoms with van der Waals surface area (Å²) in [7, 11) is 0. The fourth-order valence-electron chi connectivity index (χ4n) is 1.76. The molecule has 1 aromatic carbocycles. The number of hydrogen-bond donors (Lipinski definition) is 0. The average Bonchev–Trinajstić information content (AvgIpc) is 3.04. The van der Waals surface area contributed by atoms with Crippen LogP contribution in [0.2, 0.25) is 0 Å². The summed E-state index contributed by atoms with van der Waals surface area (Å²) in [5.41, 5.74) is 1.18. The van der Waals surface area contributed by atoms with Crippen molar-refractivity contribution in [2.45, 2.75) is 13.3 Å². The van der Waals surface area contributed by atoms with Crippen molar-refractivity contribution in [3.63, 3.8) is 0 Å². The summed E-state index contributed by atoms with van der Waals surface area (Å²) in [6.45, 7) is 2.04. The minimum Gasteiger partial charge on any atom is -0.293 e. The van der Waals surface area contributed by atoms with E-state index in [4.69, 9.17) is 5.26 Å². The van der Waals surface area contributed by atoms with Crippen molar-refractivity contribution in [1.82, 2.24) is 0 Å². The van der Waals surface area contributed by atoms with Gasteiger partial charge >= 0.3 is 0 Å². The van der Waals surface area contributed by atoms with Crippen molar-refractivity contribution in [2.24, 2.45) is 11.8 Å². The number of Topliss-reactive ketones (excluding diaryl/α,β-unsaturated/α-hetero) is 1. The molecule has 1 aromatic rings. The zero-order chi connectivity index (χ0) is 11.5. The van der Waals surface area contributed by atoms with Crippen LogP contribution < -0.4 is 0 Å². The van der Waals surface area contributed by atoms with E-state index in [2.05, 4.69) is 0 Å². The van der Waals surface area contributed by atoms with Crippen LogP contribution >= 0.6 is 0 Å². The number of carbonyl (C=O) groups is 1. The number of hydrogen-bond acceptors (Lipinski definition) is 2. The summed E-state index contributed by atoms with van der Waals surface area (Å²) >= 11 is 0. The quantitative estimate of drug-likeness (QED) is 0.569. The predicted octanol–water partition coefficient (Wildman–Crippen LogP) is 2.82. The van der Waals surface area contributed by atoms with E-state index in [1.807, 2.05) is 43.3 Å². The van der Waals surface area contributed by atoms with Gasteiger partial charge in [0.05, 0.1) is 5.57 Å². The molecule has 1 aliphatic rings. The molecule has 0 bridgehead atoms. The standard InChI is InChI=1S/C14H13NO/c1-10-7-13(10)14(16)12(9-15)8-11-5-3-2-4-6-11/h2-6,8,10,13H,7H2,1H3/b12-8-. The Kier molecular flexibility index (Phi) is 2.87. The Hall–Kier alpha value is -1.88. The molecule has 2 unspecified atom stereocenters. The zero-order valence-corrected chi connectivity index (χ0v) is 9.18. The van der Waals surface area contributed by atoms with Crippen LogP contribution in [0.5, 0.6) is 0 Å². The van der Waals surface area contributed by atoms with Gasteiger partial charge in [0.1, 0.15) is 6.07 Å². The van der Waals surface area contributed by atoms with Crippen molar-refractivity contribution < 1.29 is 4.79 Å². The minimum atomic E-state index is -0.00106. The summed E-state index contributed by atoms with van der Waals surface area (Å²) in [5.74, 6) is 0.522. The van der Waals surface area contributed by atoms with Crippen molar-refractivity contribution in [3.8, 4) is 6.07 Å². The lowest BCUT2D eigenvalue weighted by Gasteiger charge is -1.97. The number of benzene rings is 1. The molecule has 0 spiro atoms. The Bertz CT molecular complexity index is 467. The third-order valence-corrected chi connectivity index (χ3v) is 2.94. The van der Waals surface area contributed by atoms with Gasteiger partial charge in [0.25, 0.3) is 0 Å². The van der Waals surface area contributed by atoms with E-state index in [1.54, 1.807) is 6.08 Å². The van der Waals surface area contributed by atoms with Crippen LogP contribution in [0.15, 0.2) is 35.9 Å². The van der Waals surface area contributed by atoms with E-state index in [9.17, 15) is 4.79 Å². The molecule has 0 radical (unpaired) electrons. The molecule has 0 aromatic heterocycles. The van der Waals surface area contributed by atoms with Crippen LogP contribution in [0.3, 0.4) is 0 Å². The smallest absolute Gasteiger partial charge is 0.176 e. The first-order valence-electron chi connectivity index (χ1n) is 5.43. The second kappa shape index (κ2) is 4.32. The lowest BCUT2D eigenvalue weighted by atomic mass is 10.0. The van der Waals surface area contributed by atoms with Crippen LogP contribution in [0, 0.1) is 23.2 Å². The Morgan fingerprint density at radius 1 is 1.44 bits per heavy atom. The van der Waals surface area contributed by atoms with Gasteiger partial charge in [-0.2, -0.15) is 5.26 Å². The number of rotatable bonds is 3. The van der Waals surface area contributed by atoms with Gasteiger partial charge < -0.3 is 0 Å². The van der Waals surface area contributed by atoms with Gasteiger partial charge in [-0.05, 0) is 24.0 Å². The van der Waals surface area contributed by atoms with Gasteiger partial charge in [-0.25, -0.2) is 0 Å². The van der Waals surface area contributed by atoms with Crippen LogP contribution in [0.1, 0.15) is 18.9 Å². The lowest BCUT2D eigenvalue weighted by Crippen LogP contribution is -2.04. The molecule has 0 N–H and O–H groups in total. The predicted molar refractivity (Wildman–Crippen MR) is 62.3 cm³/mol. The van der Waals surface area contributed by atoms with Crippen LogP contribution in [0.25, 0.3) is 6.08 Å². The molecular formula is C14H13NO. The fourth-order valence-corrected chi connectivity index (χ4v) is 1.76. The Morgan fingerprint density at radius 2 is 2.06 bits per heavy atom. The van der Waals surface area contributed by atoms with Gasteiger partial charge in [0, 0.05) is 5.92 Å². The number of nitrogens with zero attached hydrogens (tertiary/aromatic N) is 1. The second-order valence-electron chi connectivity index (χ2n) is 4.26. The monoisotopic (exact) mass is 211 g/mol. The van der Waals surface area contributed by atoms with Crippen molar-refractivity contribution >= 4 is 11.9 Å². The highest BCUT2D eigenvalue weighted by Gasteiger charge is 2.40. The molecule has 16 heavy (non-hydrogen) atoms. The first-order valence-corrected chi connectivity index (χ1v) is 5.43. The molecule has 0 saturated heterocycles. The summed E-state index contributed by atoms with van der Waals surface area (Å²) < 4.78 is 0. The first kappa shape index (κ1) is 10.6. The number of carbonyl (C=O) groups excluding carboxylic acids is 1. The van der Waals surface area contributed by atoms with Gasteiger partial charge in [0.15, 0.2) is 5.78 Å². The Labute approximate surface area is 95.2 Å². The van der Waals surface area contributed by atoms with E-state index in [0.717, 1.165) is 12.0 Å². The molecule has 2 rings (SSSR count). The minimum absolute atomic E-state index is 0.00106. The number of nitriles is 1. The molecule has 1 aliphatic carbocycles. The Morgan fingerprint density at radius 3 is 2.56 bits per heavy atom. The topological polar surface area (TPSA) is 40.9 Å². The molecule has 0 aliphatic heterocycles. The van der Waals surface area contributed by atoms with Crippen LogP contribution in [-0.2, 0) is 4.79 Å². The first-order chi connectivity index (χ1) is 7.72. The van der Waals surface area contributed by atoms with Gasteiger partial charge in [0.2, 0.25) is 0 Å². The van der Waals surface area contributed by atoms with E-state index >= 15 is 0 Å². The lowest BCUT2D eigenvalue weighted by molar-refractivity contribution is -0.116. The normalized spacial score (nSPS) is 23.6. The maximum atomic E-state index is 11.9. The maximum Gasteiger partial charge on any atom is 0.176 e. The SMILES string of the molecule is CC1CC1C(=O)/C(C#N)=C\c1ccccc1. The van der Waals surface area contributed by atoms with Crippen molar-refractivity contribution in [1.29, 1.82) is 5.26 Å². The van der Waals surface area contributed by atoms with Crippen LogP contribution in [-0.4, -0.2) is 5.78 Å². The fraction of sp³-hybridized carbons (Fsp3) is 0.286. The molecular weight excluding hydrogens is 198 g/mol. The highest BCUT2D eigenvalue weighted by molar-refractivity contribution is 6.05. The molecule has 80 valence electrons. The highest BCUT2D eigenvalue weighted by atomic mass is 16.1.